The fraction of sp³-hybridized carbons (Fsp3) is 0.643. The first-order chi connectivity index (χ1) is 9.48. The van der Waals surface area contributed by atoms with E-state index in [2.05, 4.69) is 10.4 Å². The van der Waals surface area contributed by atoms with E-state index in [9.17, 15) is 14.7 Å². The molecule has 0 atom stereocenters. The highest BCUT2D eigenvalue weighted by Gasteiger charge is 2.41. The van der Waals surface area contributed by atoms with Gasteiger partial charge in [0.15, 0.2) is 0 Å². The number of rotatable bonds is 5. The molecule has 20 heavy (non-hydrogen) atoms. The molecule has 0 bridgehead atoms. The molecule has 1 fully saturated rings. The minimum absolute atomic E-state index is 0.194. The number of aryl methyl sites for hydroxylation is 2. The first-order valence-electron chi connectivity index (χ1n) is 7.02. The number of nitrogens with one attached hydrogen (secondary N) is 1. The molecule has 1 amide bonds. The second kappa shape index (κ2) is 5.64. The predicted molar refractivity (Wildman–Crippen MR) is 73.5 cm³/mol. The Kier molecular flexibility index (Phi) is 4.11. The number of carbonyl (C=O) groups is 2. The van der Waals surface area contributed by atoms with E-state index in [1.807, 2.05) is 6.92 Å². The summed E-state index contributed by atoms with van der Waals surface area (Å²) in [5.74, 6) is -1.04. The summed E-state index contributed by atoms with van der Waals surface area (Å²) in [5, 5.41) is 16.4. The quantitative estimate of drug-likeness (QED) is 0.852. The molecule has 2 N–H and O–H groups in total. The number of carboxylic acids is 1. The molecular formula is C14H21N3O3. The van der Waals surface area contributed by atoms with Gasteiger partial charge in [0.2, 0.25) is 0 Å². The van der Waals surface area contributed by atoms with Crippen LogP contribution in [-0.4, -0.2) is 33.3 Å². The minimum atomic E-state index is -0.808. The van der Waals surface area contributed by atoms with Crippen LogP contribution in [0, 0.1) is 5.41 Å². The van der Waals surface area contributed by atoms with Gasteiger partial charge in [-0.2, -0.15) is 5.10 Å². The third-order valence-electron chi connectivity index (χ3n) is 4.09. The van der Waals surface area contributed by atoms with Gasteiger partial charge in [0, 0.05) is 19.8 Å². The van der Waals surface area contributed by atoms with Gasteiger partial charge in [0.1, 0.15) is 0 Å². The van der Waals surface area contributed by atoms with Crippen LogP contribution in [0.2, 0.25) is 0 Å². The van der Waals surface area contributed by atoms with E-state index in [0.29, 0.717) is 24.8 Å². The van der Waals surface area contributed by atoms with E-state index in [1.54, 1.807) is 17.9 Å². The Bertz CT molecular complexity index is 516. The maximum Gasteiger partial charge on any atom is 0.311 e. The van der Waals surface area contributed by atoms with Crippen molar-refractivity contribution >= 4 is 11.9 Å². The SMILES string of the molecule is CCc1nn(C)cc1C(=O)NCC1(C(=O)O)CCCC1. The van der Waals surface area contributed by atoms with Crippen molar-refractivity contribution in [3.05, 3.63) is 17.5 Å². The molecule has 1 aromatic heterocycles. The van der Waals surface area contributed by atoms with Gasteiger partial charge >= 0.3 is 5.97 Å². The molecule has 0 aromatic carbocycles. The number of aromatic nitrogens is 2. The lowest BCUT2D eigenvalue weighted by atomic mass is 9.86. The molecule has 1 aliphatic rings. The summed E-state index contributed by atoms with van der Waals surface area (Å²) in [6, 6.07) is 0. The Morgan fingerprint density at radius 1 is 1.45 bits per heavy atom. The first-order valence-corrected chi connectivity index (χ1v) is 7.02. The van der Waals surface area contributed by atoms with Crippen molar-refractivity contribution in [3.63, 3.8) is 0 Å². The summed E-state index contributed by atoms with van der Waals surface area (Å²) in [6.45, 7) is 2.13. The number of carbonyl (C=O) groups excluding carboxylic acids is 1. The Labute approximate surface area is 118 Å². The maximum atomic E-state index is 12.2. The van der Waals surface area contributed by atoms with Crippen LogP contribution in [0.3, 0.4) is 0 Å². The molecule has 1 aromatic rings. The van der Waals surface area contributed by atoms with Crippen LogP contribution in [0.15, 0.2) is 6.20 Å². The van der Waals surface area contributed by atoms with E-state index < -0.39 is 11.4 Å². The lowest BCUT2D eigenvalue weighted by Gasteiger charge is -2.23. The zero-order valence-electron chi connectivity index (χ0n) is 12.0. The fourth-order valence-corrected chi connectivity index (χ4v) is 2.85. The average Bonchev–Trinajstić information content (AvgIpc) is 3.03. The molecule has 2 rings (SSSR count). The number of amides is 1. The van der Waals surface area contributed by atoms with Crippen molar-refractivity contribution in [2.24, 2.45) is 12.5 Å². The fourth-order valence-electron chi connectivity index (χ4n) is 2.85. The molecule has 0 radical (unpaired) electrons. The van der Waals surface area contributed by atoms with Crippen LogP contribution in [0.25, 0.3) is 0 Å². The molecule has 1 aliphatic carbocycles. The molecule has 0 spiro atoms. The standard InChI is InChI=1S/C14H21N3O3/c1-3-11-10(8-17(2)16-11)12(18)15-9-14(13(19)20)6-4-5-7-14/h8H,3-7,9H2,1-2H3,(H,15,18)(H,19,20). The van der Waals surface area contributed by atoms with Gasteiger partial charge in [-0.05, 0) is 19.3 Å². The van der Waals surface area contributed by atoms with Gasteiger partial charge < -0.3 is 10.4 Å². The molecule has 0 aliphatic heterocycles. The minimum Gasteiger partial charge on any atom is -0.481 e. The van der Waals surface area contributed by atoms with E-state index in [4.69, 9.17) is 0 Å². The van der Waals surface area contributed by atoms with Crippen LogP contribution in [-0.2, 0) is 18.3 Å². The topological polar surface area (TPSA) is 84.2 Å². The second-order valence-electron chi connectivity index (χ2n) is 5.49. The van der Waals surface area contributed by atoms with Crippen LogP contribution in [0.4, 0.5) is 0 Å². The zero-order valence-corrected chi connectivity index (χ0v) is 12.0. The molecule has 110 valence electrons. The Balaban J connectivity index is 2.06. The normalized spacial score (nSPS) is 17.1. The molecule has 1 heterocycles. The van der Waals surface area contributed by atoms with E-state index in [1.165, 1.54) is 0 Å². The zero-order chi connectivity index (χ0) is 14.8. The van der Waals surface area contributed by atoms with E-state index in [-0.39, 0.29) is 12.5 Å². The van der Waals surface area contributed by atoms with Gasteiger partial charge in [-0.3, -0.25) is 14.3 Å². The summed E-state index contributed by atoms with van der Waals surface area (Å²) in [7, 11) is 1.77. The highest BCUT2D eigenvalue weighted by atomic mass is 16.4. The van der Waals surface area contributed by atoms with Gasteiger partial charge in [-0.1, -0.05) is 19.8 Å². The van der Waals surface area contributed by atoms with Crippen molar-refractivity contribution in [2.75, 3.05) is 6.54 Å². The van der Waals surface area contributed by atoms with E-state index in [0.717, 1.165) is 18.5 Å². The molecule has 1 saturated carbocycles. The third-order valence-corrected chi connectivity index (χ3v) is 4.09. The summed E-state index contributed by atoms with van der Waals surface area (Å²) in [6.07, 6.45) is 5.45. The van der Waals surface area contributed by atoms with Crippen LogP contribution in [0.1, 0.15) is 48.7 Å². The first kappa shape index (κ1) is 14.6. The molecule has 6 nitrogen and oxygen atoms in total. The molecular weight excluding hydrogens is 258 g/mol. The summed E-state index contributed by atoms with van der Waals surface area (Å²) in [5.41, 5.74) is 0.485. The van der Waals surface area contributed by atoms with Crippen molar-refractivity contribution in [3.8, 4) is 0 Å². The number of aliphatic carboxylic acids is 1. The smallest absolute Gasteiger partial charge is 0.311 e. The van der Waals surface area contributed by atoms with Gasteiger partial charge in [0.05, 0.1) is 16.7 Å². The van der Waals surface area contributed by atoms with Crippen molar-refractivity contribution in [1.29, 1.82) is 0 Å². The number of nitrogens with zero attached hydrogens (tertiary/aromatic N) is 2. The monoisotopic (exact) mass is 279 g/mol. The highest BCUT2D eigenvalue weighted by Crippen LogP contribution is 2.37. The third kappa shape index (κ3) is 2.69. The van der Waals surface area contributed by atoms with Gasteiger partial charge in [-0.15, -0.1) is 0 Å². The van der Waals surface area contributed by atoms with Gasteiger partial charge in [-0.25, -0.2) is 0 Å². The lowest BCUT2D eigenvalue weighted by Crippen LogP contribution is -2.41. The van der Waals surface area contributed by atoms with Crippen LogP contribution in [0.5, 0.6) is 0 Å². The van der Waals surface area contributed by atoms with Crippen molar-refractivity contribution in [1.82, 2.24) is 15.1 Å². The Morgan fingerprint density at radius 2 is 2.10 bits per heavy atom. The van der Waals surface area contributed by atoms with E-state index >= 15 is 0 Å². The summed E-state index contributed by atoms with van der Waals surface area (Å²) >= 11 is 0. The highest BCUT2D eigenvalue weighted by molar-refractivity contribution is 5.95. The van der Waals surface area contributed by atoms with Crippen LogP contribution < -0.4 is 5.32 Å². The lowest BCUT2D eigenvalue weighted by molar-refractivity contribution is -0.148. The summed E-state index contributed by atoms with van der Waals surface area (Å²) in [4.78, 5) is 23.6. The number of hydrogen-bond acceptors (Lipinski definition) is 3. The number of carboxylic acid groups (broad SMARTS) is 1. The largest absolute Gasteiger partial charge is 0.481 e. The Morgan fingerprint density at radius 3 is 2.65 bits per heavy atom. The van der Waals surface area contributed by atoms with Crippen molar-refractivity contribution in [2.45, 2.75) is 39.0 Å². The predicted octanol–water partition coefficient (Wildman–Crippen LogP) is 1.36. The average molecular weight is 279 g/mol. The molecule has 6 heteroatoms. The molecule has 0 unspecified atom stereocenters. The van der Waals surface area contributed by atoms with Gasteiger partial charge in [0.25, 0.3) is 5.91 Å². The van der Waals surface area contributed by atoms with Crippen LogP contribution >= 0.6 is 0 Å². The van der Waals surface area contributed by atoms with Crippen molar-refractivity contribution < 1.29 is 14.7 Å². The maximum absolute atomic E-state index is 12.2. The second-order valence-corrected chi connectivity index (χ2v) is 5.49. The number of hydrogen-bond donors (Lipinski definition) is 2. The summed E-state index contributed by atoms with van der Waals surface area (Å²) < 4.78 is 1.61. The molecule has 0 saturated heterocycles. The Hall–Kier alpha value is -1.85.